The van der Waals surface area contributed by atoms with Crippen molar-refractivity contribution in [1.29, 1.82) is 0 Å². The van der Waals surface area contributed by atoms with Crippen molar-refractivity contribution in [3.8, 4) is 0 Å². The van der Waals surface area contributed by atoms with E-state index >= 15 is 0 Å². The highest BCUT2D eigenvalue weighted by Gasteiger charge is 2.62. The smallest absolute Gasteiger partial charge is 0.167 e. The van der Waals surface area contributed by atoms with E-state index in [1.54, 1.807) is 0 Å². The molecule has 4 aliphatic carbocycles. The van der Waals surface area contributed by atoms with Gasteiger partial charge in [-0.1, -0.05) is 19.4 Å². The normalized spacial score (nSPS) is 49.0. The van der Waals surface area contributed by atoms with E-state index in [0.717, 1.165) is 32.1 Å². The molecule has 4 heteroatoms. The number of hydrogen-bond acceptors (Lipinski definition) is 3. The van der Waals surface area contributed by atoms with Gasteiger partial charge in [-0.3, -0.25) is 9.59 Å². The molecule has 0 bridgehead atoms. The lowest BCUT2D eigenvalue weighted by Crippen LogP contribution is -2.57. The first-order chi connectivity index (χ1) is 11.8. The fourth-order valence-electron chi connectivity index (χ4n) is 7.31. The number of aliphatic hydroxyl groups is 1. The predicted molar refractivity (Wildman–Crippen MR) is 92.6 cm³/mol. The maximum Gasteiger partial charge on any atom is 0.167 e. The Balaban J connectivity index is 1.70. The SMILES string of the molecule is C[C@@]12C[C@H](O)[C@H]3[C@@H](CCC4=CC(=O)CC[C@@]43C)[C@@H]1CC[C@@H]2C(=O)CF. The number of hydrogen-bond donors (Lipinski definition) is 1. The summed E-state index contributed by atoms with van der Waals surface area (Å²) < 4.78 is 13.1. The van der Waals surface area contributed by atoms with E-state index in [1.807, 2.05) is 6.08 Å². The largest absolute Gasteiger partial charge is 0.393 e. The summed E-state index contributed by atoms with van der Waals surface area (Å²) in [6.07, 6.45) is 6.98. The zero-order chi connectivity index (χ0) is 18.0. The molecule has 7 atom stereocenters. The molecule has 3 nitrogen and oxygen atoms in total. The molecule has 4 aliphatic rings. The Morgan fingerprint density at radius 1 is 1.28 bits per heavy atom. The van der Waals surface area contributed by atoms with Crippen LogP contribution in [-0.2, 0) is 9.59 Å². The highest BCUT2D eigenvalue weighted by atomic mass is 19.1. The summed E-state index contributed by atoms with van der Waals surface area (Å²) in [4.78, 5) is 24.0. The molecule has 0 amide bonds. The predicted octanol–water partition coefficient (Wildman–Crippen LogP) is 3.64. The Kier molecular flexibility index (Phi) is 3.99. The van der Waals surface area contributed by atoms with Crippen LogP contribution in [0.4, 0.5) is 4.39 Å². The van der Waals surface area contributed by atoms with Gasteiger partial charge < -0.3 is 5.11 Å². The van der Waals surface area contributed by atoms with Gasteiger partial charge in [-0.25, -0.2) is 4.39 Å². The minimum Gasteiger partial charge on any atom is -0.393 e. The Bertz CT molecular complexity index is 641. The van der Waals surface area contributed by atoms with Gasteiger partial charge in [0.2, 0.25) is 0 Å². The topological polar surface area (TPSA) is 54.4 Å². The monoisotopic (exact) mass is 348 g/mol. The molecule has 0 saturated heterocycles. The summed E-state index contributed by atoms with van der Waals surface area (Å²) in [6, 6.07) is 0. The molecule has 1 N–H and O–H groups in total. The van der Waals surface area contributed by atoms with E-state index in [9.17, 15) is 19.1 Å². The molecule has 0 heterocycles. The number of aliphatic hydroxyl groups excluding tert-OH is 1. The van der Waals surface area contributed by atoms with Crippen LogP contribution >= 0.6 is 0 Å². The van der Waals surface area contributed by atoms with Gasteiger partial charge in [0, 0.05) is 12.3 Å². The average molecular weight is 348 g/mol. The number of ketones is 2. The molecule has 0 unspecified atom stereocenters. The van der Waals surface area contributed by atoms with Crippen molar-refractivity contribution in [3.63, 3.8) is 0 Å². The second-order valence-electron chi connectivity index (χ2n) is 9.40. The van der Waals surface area contributed by atoms with Crippen molar-refractivity contribution in [1.82, 2.24) is 0 Å². The molecule has 0 aromatic heterocycles. The van der Waals surface area contributed by atoms with Gasteiger partial charge in [-0.15, -0.1) is 0 Å². The molecular formula is C21H29FO3. The van der Waals surface area contributed by atoms with E-state index < -0.39 is 12.8 Å². The Morgan fingerprint density at radius 2 is 2.04 bits per heavy atom. The van der Waals surface area contributed by atoms with Crippen molar-refractivity contribution >= 4 is 11.6 Å². The van der Waals surface area contributed by atoms with Crippen LogP contribution in [0, 0.1) is 34.5 Å². The van der Waals surface area contributed by atoms with E-state index in [1.165, 1.54) is 5.57 Å². The third-order valence-corrected chi connectivity index (χ3v) is 8.41. The van der Waals surface area contributed by atoms with Gasteiger partial charge in [-0.2, -0.15) is 0 Å². The number of halogens is 1. The van der Waals surface area contributed by atoms with Crippen LogP contribution in [0.15, 0.2) is 11.6 Å². The van der Waals surface area contributed by atoms with Gasteiger partial charge in [0.1, 0.15) is 6.67 Å². The first-order valence-corrected chi connectivity index (χ1v) is 9.82. The fraction of sp³-hybridized carbons (Fsp3) is 0.810. The Labute approximate surface area is 149 Å². The first-order valence-electron chi connectivity index (χ1n) is 9.82. The summed E-state index contributed by atoms with van der Waals surface area (Å²) in [6.45, 7) is 3.46. The summed E-state index contributed by atoms with van der Waals surface area (Å²) in [5.74, 6) is 0.629. The zero-order valence-electron chi connectivity index (χ0n) is 15.3. The lowest BCUT2D eigenvalue weighted by molar-refractivity contribution is -0.145. The minimum absolute atomic E-state index is 0.0975. The molecule has 0 radical (unpaired) electrons. The van der Waals surface area contributed by atoms with Crippen LogP contribution in [0.25, 0.3) is 0 Å². The maximum atomic E-state index is 13.1. The van der Waals surface area contributed by atoms with Crippen LogP contribution < -0.4 is 0 Å². The standard InChI is InChI=1S/C21H29FO3/c1-20-8-7-13(23)9-12(20)3-4-14-15-5-6-16(18(25)11-22)21(15,2)10-17(24)19(14)20/h9,14-17,19,24H,3-8,10-11H2,1-2H3/t14-,15-,16+,17-,19+,20-,21+/m0/s1. The number of carbonyl (C=O) groups excluding carboxylic acids is 2. The molecule has 0 aromatic carbocycles. The first kappa shape index (κ1) is 17.4. The summed E-state index contributed by atoms with van der Waals surface area (Å²) >= 11 is 0. The van der Waals surface area contributed by atoms with Crippen molar-refractivity contribution in [2.45, 2.75) is 64.9 Å². The molecule has 0 spiro atoms. The van der Waals surface area contributed by atoms with Crippen LogP contribution in [0.1, 0.15) is 58.8 Å². The van der Waals surface area contributed by atoms with Crippen LogP contribution in [0.5, 0.6) is 0 Å². The highest BCUT2D eigenvalue weighted by Crippen LogP contribution is 2.66. The van der Waals surface area contributed by atoms with E-state index in [0.29, 0.717) is 24.7 Å². The number of alkyl halides is 1. The molecule has 4 rings (SSSR count). The summed E-state index contributed by atoms with van der Waals surface area (Å²) in [5.41, 5.74) is 0.855. The number of fused-ring (bicyclic) bond motifs is 5. The minimum atomic E-state index is -0.885. The van der Waals surface area contributed by atoms with E-state index in [2.05, 4.69) is 13.8 Å². The zero-order valence-corrected chi connectivity index (χ0v) is 15.3. The summed E-state index contributed by atoms with van der Waals surface area (Å²) in [5, 5.41) is 11.1. The van der Waals surface area contributed by atoms with Crippen LogP contribution in [-0.4, -0.2) is 29.5 Å². The third-order valence-electron chi connectivity index (χ3n) is 8.41. The number of allylic oxidation sites excluding steroid dienone is 1. The Morgan fingerprint density at radius 3 is 2.76 bits per heavy atom. The Hall–Kier alpha value is -1.03. The molecule has 3 fully saturated rings. The van der Waals surface area contributed by atoms with E-state index in [4.69, 9.17) is 0 Å². The van der Waals surface area contributed by atoms with Crippen molar-refractivity contribution in [2.75, 3.05) is 6.67 Å². The highest BCUT2D eigenvalue weighted by molar-refractivity contribution is 5.91. The molecule has 0 aliphatic heterocycles. The van der Waals surface area contributed by atoms with Gasteiger partial charge in [0.15, 0.2) is 11.6 Å². The quantitative estimate of drug-likeness (QED) is 0.829. The van der Waals surface area contributed by atoms with Gasteiger partial charge >= 0.3 is 0 Å². The second-order valence-corrected chi connectivity index (χ2v) is 9.40. The van der Waals surface area contributed by atoms with Crippen LogP contribution in [0.2, 0.25) is 0 Å². The number of carbonyl (C=O) groups is 2. The van der Waals surface area contributed by atoms with Crippen molar-refractivity contribution in [2.24, 2.45) is 34.5 Å². The second kappa shape index (κ2) is 5.73. The molecule has 3 saturated carbocycles. The van der Waals surface area contributed by atoms with Crippen molar-refractivity contribution < 1.29 is 19.1 Å². The van der Waals surface area contributed by atoms with Gasteiger partial charge in [0.05, 0.1) is 6.10 Å². The lowest BCUT2D eigenvalue weighted by Gasteiger charge is -2.59. The van der Waals surface area contributed by atoms with Gasteiger partial charge in [0.25, 0.3) is 0 Å². The summed E-state index contributed by atoms with van der Waals surface area (Å²) in [7, 11) is 0. The van der Waals surface area contributed by atoms with Gasteiger partial charge in [-0.05, 0) is 73.2 Å². The maximum absolute atomic E-state index is 13.1. The molecular weight excluding hydrogens is 319 g/mol. The average Bonchev–Trinajstić information content (AvgIpc) is 2.91. The number of Topliss-reactive ketones (excluding diaryl/α,β-unsaturated/α-hetero) is 1. The lowest BCUT2D eigenvalue weighted by atomic mass is 9.46. The van der Waals surface area contributed by atoms with Crippen molar-refractivity contribution in [3.05, 3.63) is 11.6 Å². The third kappa shape index (κ3) is 2.32. The number of rotatable bonds is 2. The molecule has 25 heavy (non-hydrogen) atoms. The van der Waals surface area contributed by atoms with E-state index in [-0.39, 0.29) is 34.2 Å². The fourth-order valence-corrected chi connectivity index (χ4v) is 7.31. The van der Waals surface area contributed by atoms with Crippen LogP contribution in [0.3, 0.4) is 0 Å². The molecule has 138 valence electrons. The molecule has 0 aromatic rings.